The van der Waals surface area contributed by atoms with Gasteiger partial charge in [0.1, 0.15) is 5.69 Å². The van der Waals surface area contributed by atoms with E-state index in [9.17, 15) is 15.0 Å². The van der Waals surface area contributed by atoms with Crippen LogP contribution in [-0.2, 0) is 13.0 Å². The fourth-order valence-corrected chi connectivity index (χ4v) is 3.84. The third-order valence-electron chi connectivity index (χ3n) is 4.85. The van der Waals surface area contributed by atoms with E-state index in [1.54, 1.807) is 30.5 Å². The molecule has 3 N–H and O–H groups in total. The molecular formula is C21H18BrN3O3. The summed E-state index contributed by atoms with van der Waals surface area (Å²) >= 11 is 3.44. The van der Waals surface area contributed by atoms with Crippen molar-refractivity contribution in [2.45, 2.75) is 19.9 Å². The zero-order chi connectivity index (χ0) is 19.8. The van der Waals surface area contributed by atoms with E-state index in [0.717, 1.165) is 21.2 Å². The van der Waals surface area contributed by atoms with Crippen molar-refractivity contribution in [3.8, 4) is 11.8 Å². The molecule has 28 heavy (non-hydrogen) atoms. The quantitative estimate of drug-likeness (QED) is 0.564. The van der Waals surface area contributed by atoms with Gasteiger partial charge in [-0.2, -0.15) is 0 Å². The first-order chi connectivity index (χ1) is 13.5. The van der Waals surface area contributed by atoms with Crippen LogP contribution in [0.25, 0.3) is 5.57 Å². The zero-order valence-electron chi connectivity index (χ0n) is 15.1. The number of allylic oxidation sites excluding steroid dienone is 2. The van der Waals surface area contributed by atoms with Gasteiger partial charge in [0.15, 0.2) is 5.88 Å². The number of halogens is 1. The number of benzene rings is 1. The Labute approximate surface area is 170 Å². The van der Waals surface area contributed by atoms with Gasteiger partial charge in [-0.3, -0.25) is 14.3 Å². The second-order valence-corrected chi connectivity index (χ2v) is 7.56. The zero-order valence-corrected chi connectivity index (χ0v) is 16.7. The average Bonchev–Trinajstić information content (AvgIpc) is 3.18. The smallest absolute Gasteiger partial charge is 0.274 e. The summed E-state index contributed by atoms with van der Waals surface area (Å²) in [6.45, 7) is 2.11. The van der Waals surface area contributed by atoms with E-state index in [-0.39, 0.29) is 24.2 Å². The van der Waals surface area contributed by atoms with E-state index in [2.05, 4.69) is 26.2 Å². The van der Waals surface area contributed by atoms with E-state index in [1.807, 2.05) is 25.1 Å². The highest BCUT2D eigenvalue weighted by Crippen LogP contribution is 2.43. The lowest BCUT2D eigenvalue weighted by Crippen LogP contribution is -2.15. The number of amides is 1. The van der Waals surface area contributed by atoms with Crippen LogP contribution in [0.15, 0.2) is 53.1 Å². The van der Waals surface area contributed by atoms with Gasteiger partial charge in [0, 0.05) is 27.5 Å². The van der Waals surface area contributed by atoms with Gasteiger partial charge in [-0.1, -0.05) is 28.1 Å². The normalized spacial score (nSPS) is 12.6. The van der Waals surface area contributed by atoms with Crippen molar-refractivity contribution in [2.75, 3.05) is 5.32 Å². The predicted molar refractivity (Wildman–Crippen MR) is 111 cm³/mol. The van der Waals surface area contributed by atoms with Crippen molar-refractivity contribution in [2.24, 2.45) is 0 Å². The first-order valence-corrected chi connectivity index (χ1v) is 9.56. The van der Waals surface area contributed by atoms with Gasteiger partial charge >= 0.3 is 0 Å². The Morgan fingerprint density at radius 1 is 1.25 bits per heavy atom. The summed E-state index contributed by atoms with van der Waals surface area (Å²) in [5, 5.41) is 24.1. The molecule has 0 fully saturated rings. The van der Waals surface area contributed by atoms with Gasteiger partial charge in [0.05, 0.1) is 6.54 Å². The first kappa shape index (κ1) is 18.3. The van der Waals surface area contributed by atoms with Crippen LogP contribution in [0, 0.1) is 0 Å². The lowest BCUT2D eigenvalue weighted by atomic mass is 10.1. The van der Waals surface area contributed by atoms with E-state index < -0.39 is 0 Å². The molecule has 0 bridgehead atoms. The monoisotopic (exact) mass is 439 g/mol. The van der Waals surface area contributed by atoms with Gasteiger partial charge in [0.2, 0.25) is 5.88 Å². The number of hydrogen-bond acceptors (Lipinski definition) is 4. The standard InChI is InChI=1S/C21H18BrN3O3/c1-12-5-7-15-18(12)21(28)25(20(15)27)11-13-10-14(22)6-8-16(13)24-19(26)17-4-2-3-9-23-17/h2-6,8-10,27-28H,7,11H2,1H3,(H,24,26). The molecule has 1 aromatic carbocycles. The summed E-state index contributed by atoms with van der Waals surface area (Å²) in [6.07, 6.45) is 4.13. The van der Waals surface area contributed by atoms with Crippen LogP contribution in [-0.4, -0.2) is 25.7 Å². The highest BCUT2D eigenvalue weighted by molar-refractivity contribution is 9.10. The van der Waals surface area contributed by atoms with Crippen molar-refractivity contribution in [3.63, 3.8) is 0 Å². The summed E-state index contributed by atoms with van der Waals surface area (Å²) in [5.41, 5.74) is 3.98. The number of carbonyl (C=O) groups is 1. The van der Waals surface area contributed by atoms with E-state index in [0.29, 0.717) is 23.4 Å². The molecule has 4 rings (SSSR count). The predicted octanol–water partition coefficient (Wildman–Crippen LogP) is 4.32. The van der Waals surface area contributed by atoms with Crippen molar-refractivity contribution < 1.29 is 15.0 Å². The molecule has 3 aromatic rings. The molecule has 0 aliphatic heterocycles. The molecule has 0 saturated heterocycles. The molecule has 0 saturated carbocycles. The molecule has 7 heteroatoms. The number of nitrogens with one attached hydrogen (secondary N) is 1. The number of nitrogens with zero attached hydrogens (tertiary/aromatic N) is 2. The second kappa shape index (κ2) is 7.16. The van der Waals surface area contributed by atoms with Crippen molar-refractivity contribution >= 4 is 33.1 Å². The minimum Gasteiger partial charge on any atom is -0.494 e. The van der Waals surface area contributed by atoms with Gasteiger partial charge in [-0.25, -0.2) is 0 Å². The SMILES string of the molecule is CC1=CCc2c1c(O)n(Cc1cc(Br)ccc1NC(=O)c1ccccn1)c2O. The minimum atomic E-state index is -0.327. The Morgan fingerprint density at radius 3 is 2.79 bits per heavy atom. The molecule has 0 spiro atoms. The van der Waals surface area contributed by atoms with Crippen LogP contribution in [0.1, 0.15) is 34.1 Å². The largest absolute Gasteiger partial charge is 0.494 e. The van der Waals surface area contributed by atoms with E-state index in [1.165, 1.54) is 4.57 Å². The third kappa shape index (κ3) is 3.18. The summed E-state index contributed by atoms with van der Waals surface area (Å²) in [7, 11) is 0. The Bertz CT molecular complexity index is 1100. The molecule has 1 aliphatic rings. The Kier molecular flexibility index (Phi) is 4.68. The fourth-order valence-electron chi connectivity index (χ4n) is 3.43. The molecule has 2 aromatic heterocycles. The van der Waals surface area contributed by atoms with Crippen LogP contribution in [0.2, 0.25) is 0 Å². The Morgan fingerprint density at radius 2 is 2.07 bits per heavy atom. The summed E-state index contributed by atoms with van der Waals surface area (Å²) in [4.78, 5) is 16.6. The number of pyridine rings is 1. The van der Waals surface area contributed by atoms with Crippen LogP contribution in [0.4, 0.5) is 5.69 Å². The maximum Gasteiger partial charge on any atom is 0.274 e. The first-order valence-electron chi connectivity index (χ1n) is 8.77. The van der Waals surface area contributed by atoms with Crippen LogP contribution in [0.3, 0.4) is 0 Å². The molecule has 142 valence electrons. The van der Waals surface area contributed by atoms with Gasteiger partial charge in [-0.15, -0.1) is 0 Å². The summed E-state index contributed by atoms with van der Waals surface area (Å²) < 4.78 is 2.28. The van der Waals surface area contributed by atoms with Crippen molar-refractivity contribution in [3.05, 3.63) is 75.5 Å². The maximum atomic E-state index is 12.5. The molecule has 2 heterocycles. The highest BCUT2D eigenvalue weighted by atomic mass is 79.9. The van der Waals surface area contributed by atoms with Crippen LogP contribution < -0.4 is 5.32 Å². The molecule has 1 amide bonds. The summed E-state index contributed by atoms with van der Waals surface area (Å²) in [5.74, 6) is -0.255. The molecule has 6 nitrogen and oxygen atoms in total. The van der Waals surface area contributed by atoms with Crippen molar-refractivity contribution in [1.82, 2.24) is 9.55 Å². The lowest BCUT2D eigenvalue weighted by Gasteiger charge is -2.14. The molecule has 0 radical (unpaired) electrons. The molecule has 1 aliphatic carbocycles. The van der Waals surface area contributed by atoms with Gasteiger partial charge in [-0.05, 0) is 54.8 Å². The fraction of sp³-hybridized carbons (Fsp3) is 0.143. The number of rotatable bonds is 4. The molecular weight excluding hydrogens is 422 g/mol. The number of anilines is 1. The maximum absolute atomic E-state index is 12.5. The highest BCUT2D eigenvalue weighted by Gasteiger charge is 2.26. The topological polar surface area (TPSA) is 87.4 Å². The van der Waals surface area contributed by atoms with Gasteiger partial charge in [0.25, 0.3) is 5.91 Å². The average molecular weight is 440 g/mol. The number of fused-ring (bicyclic) bond motifs is 1. The number of aromatic hydroxyl groups is 2. The number of aromatic nitrogens is 2. The summed E-state index contributed by atoms with van der Waals surface area (Å²) in [6, 6.07) is 10.6. The number of carbonyl (C=O) groups excluding carboxylic acids is 1. The van der Waals surface area contributed by atoms with Crippen LogP contribution in [0.5, 0.6) is 11.8 Å². The Balaban J connectivity index is 1.68. The molecule has 0 unspecified atom stereocenters. The van der Waals surface area contributed by atoms with E-state index >= 15 is 0 Å². The minimum absolute atomic E-state index is 0.0285. The second-order valence-electron chi connectivity index (χ2n) is 6.65. The Hall–Kier alpha value is -3.06. The third-order valence-corrected chi connectivity index (χ3v) is 5.35. The number of hydrogen-bond donors (Lipinski definition) is 3. The lowest BCUT2D eigenvalue weighted by molar-refractivity contribution is 0.102. The van der Waals surface area contributed by atoms with E-state index in [4.69, 9.17) is 0 Å². The molecule has 0 atom stereocenters. The van der Waals surface area contributed by atoms with Crippen molar-refractivity contribution in [1.29, 1.82) is 0 Å². The van der Waals surface area contributed by atoms with Crippen LogP contribution >= 0.6 is 15.9 Å². The van der Waals surface area contributed by atoms with Gasteiger partial charge < -0.3 is 15.5 Å².